The molecule has 0 fully saturated rings. The zero-order valence-electron chi connectivity index (χ0n) is 13.8. The average Bonchev–Trinajstić information content (AvgIpc) is 2.88. The van der Waals surface area contributed by atoms with Crippen LogP contribution < -0.4 is 4.74 Å². The molecule has 0 saturated heterocycles. The number of nitrogens with zero attached hydrogens (tertiary/aromatic N) is 2. The molecule has 0 spiro atoms. The molecule has 0 aliphatic carbocycles. The number of ether oxygens (including phenoxy) is 1. The van der Waals surface area contributed by atoms with E-state index in [4.69, 9.17) is 4.74 Å². The number of fused-ring (bicyclic) bond motifs is 1. The summed E-state index contributed by atoms with van der Waals surface area (Å²) in [7, 11) is 3.98. The highest BCUT2D eigenvalue weighted by Gasteiger charge is 2.25. The van der Waals surface area contributed by atoms with Crippen LogP contribution in [0.3, 0.4) is 0 Å². The Balaban J connectivity index is 1.92. The Bertz CT molecular complexity index is 501. The summed E-state index contributed by atoms with van der Waals surface area (Å²) in [5, 5.41) is 0. The number of carbonyl (C=O) groups excluding carboxylic acids is 1. The standard InChI is InChI=1S/C18H26N2O2/c1-4-11-20(18(21)10-7-12-19(2)3)14-16-13-15-8-5-6-9-17(15)22-16/h5-10,16H,4,11-14H2,1-3H3/b10-7+. The number of likely N-dealkylation sites (N-methyl/N-ethyl adjacent to an activating group) is 1. The third kappa shape index (κ3) is 4.60. The maximum absolute atomic E-state index is 12.3. The molecule has 1 aromatic rings. The lowest BCUT2D eigenvalue weighted by Crippen LogP contribution is -2.39. The van der Waals surface area contributed by atoms with E-state index in [2.05, 4.69) is 13.0 Å². The van der Waals surface area contributed by atoms with E-state index in [9.17, 15) is 4.79 Å². The van der Waals surface area contributed by atoms with Crippen LogP contribution in [0.25, 0.3) is 0 Å². The van der Waals surface area contributed by atoms with Crippen LogP contribution in [0.2, 0.25) is 0 Å². The predicted molar refractivity (Wildman–Crippen MR) is 89.1 cm³/mol. The summed E-state index contributed by atoms with van der Waals surface area (Å²) in [6.45, 7) is 4.28. The third-order valence-corrected chi connectivity index (χ3v) is 3.67. The number of carbonyl (C=O) groups is 1. The lowest BCUT2D eigenvalue weighted by Gasteiger charge is -2.24. The van der Waals surface area contributed by atoms with Crippen molar-refractivity contribution in [3.63, 3.8) is 0 Å². The molecule has 4 nitrogen and oxygen atoms in total. The minimum Gasteiger partial charge on any atom is -0.488 e. The van der Waals surface area contributed by atoms with E-state index >= 15 is 0 Å². The average molecular weight is 302 g/mol. The summed E-state index contributed by atoms with van der Waals surface area (Å²) in [4.78, 5) is 16.3. The molecule has 1 aliphatic heterocycles. The first-order chi connectivity index (χ1) is 10.6. The molecule has 0 N–H and O–H groups in total. The summed E-state index contributed by atoms with van der Waals surface area (Å²) >= 11 is 0. The summed E-state index contributed by atoms with van der Waals surface area (Å²) in [6.07, 6.45) is 5.49. The van der Waals surface area contributed by atoms with Gasteiger partial charge in [-0.2, -0.15) is 0 Å². The van der Waals surface area contributed by atoms with Gasteiger partial charge >= 0.3 is 0 Å². The topological polar surface area (TPSA) is 32.8 Å². The van der Waals surface area contributed by atoms with Gasteiger partial charge in [0.2, 0.25) is 5.91 Å². The van der Waals surface area contributed by atoms with E-state index in [1.165, 1.54) is 5.56 Å². The molecule has 22 heavy (non-hydrogen) atoms. The molecular formula is C18H26N2O2. The minimum atomic E-state index is 0.0650. The van der Waals surface area contributed by atoms with Gasteiger partial charge in [-0.05, 0) is 32.1 Å². The molecule has 0 bridgehead atoms. The van der Waals surface area contributed by atoms with Crippen LogP contribution in [0.5, 0.6) is 5.75 Å². The van der Waals surface area contributed by atoms with Crippen molar-refractivity contribution < 1.29 is 9.53 Å². The summed E-state index contributed by atoms with van der Waals surface area (Å²) in [6, 6.07) is 8.11. The van der Waals surface area contributed by atoms with Crippen molar-refractivity contribution >= 4 is 5.91 Å². The molecule has 1 unspecified atom stereocenters. The highest BCUT2D eigenvalue weighted by atomic mass is 16.5. The third-order valence-electron chi connectivity index (χ3n) is 3.67. The second-order valence-electron chi connectivity index (χ2n) is 6.00. The van der Waals surface area contributed by atoms with E-state index in [-0.39, 0.29) is 12.0 Å². The van der Waals surface area contributed by atoms with E-state index in [0.29, 0.717) is 6.54 Å². The SMILES string of the molecule is CCCN(CC1Cc2ccccc2O1)C(=O)/C=C/CN(C)C. The number of rotatable bonds is 7. The van der Waals surface area contributed by atoms with Crippen molar-refractivity contribution in [1.29, 1.82) is 0 Å². The summed E-state index contributed by atoms with van der Waals surface area (Å²) < 4.78 is 5.95. The first-order valence-corrected chi connectivity index (χ1v) is 7.95. The van der Waals surface area contributed by atoms with E-state index < -0.39 is 0 Å². The zero-order chi connectivity index (χ0) is 15.9. The molecule has 1 aromatic carbocycles. The van der Waals surface area contributed by atoms with Crippen molar-refractivity contribution in [2.75, 3.05) is 33.7 Å². The van der Waals surface area contributed by atoms with Crippen LogP contribution in [0.1, 0.15) is 18.9 Å². The second kappa shape index (κ2) is 7.99. The maximum Gasteiger partial charge on any atom is 0.246 e. The lowest BCUT2D eigenvalue weighted by molar-refractivity contribution is -0.127. The Kier molecular flexibility index (Phi) is 6.01. The van der Waals surface area contributed by atoms with Gasteiger partial charge in [-0.1, -0.05) is 31.2 Å². The fraction of sp³-hybridized carbons (Fsp3) is 0.500. The summed E-state index contributed by atoms with van der Waals surface area (Å²) in [5.41, 5.74) is 1.24. The van der Waals surface area contributed by atoms with Gasteiger partial charge in [0.15, 0.2) is 0 Å². The molecule has 1 atom stereocenters. The van der Waals surface area contributed by atoms with E-state index in [1.807, 2.05) is 48.2 Å². The Morgan fingerprint density at radius 1 is 1.36 bits per heavy atom. The normalized spacial score (nSPS) is 16.8. The van der Waals surface area contributed by atoms with Gasteiger partial charge in [-0.15, -0.1) is 0 Å². The molecule has 2 rings (SSSR count). The summed E-state index contributed by atoms with van der Waals surface area (Å²) in [5.74, 6) is 1.03. The highest BCUT2D eigenvalue weighted by molar-refractivity contribution is 5.87. The first kappa shape index (κ1) is 16.6. The Morgan fingerprint density at radius 3 is 2.82 bits per heavy atom. The molecule has 1 amide bonds. The van der Waals surface area contributed by atoms with Crippen LogP contribution >= 0.6 is 0 Å². The Morgan fingerprint density at radius 2 is 2.14 bits per heavy atom. The van der Waals surface area contributed by atoms with Crippen LogP contribution in [-0.2, 0) is 11.2 Å². The minimum absolute atomic E-state index is 0.0650. The van der Waals surface area contributed by atoms with Crippen molar-refractivity contribution in [3.8, 4) is 5.75 Å². The van der Waals surface area contributed by atoms with Gasteiger partial charge in [-0.25, -0.2) is 0 Å². The van der Waals surface area contributed by atoms with Gasteiger partial charge in [0, 0.05) is 25.6 Å². The van der Waals surface area contributed by atoms with Gasteiger partial charge < -0.3 is 14.5 Å². The molecular weight excluding hydrogens is 276 g/mol. The van der Waals surface area contributed by atoms with Crippen molar-refractivity contribution in [1.82, 2.24) is 9.80 Å². The fourth-order valence-corrected chi connectivity index (χ4v) is 2.63. The van der Waals surface area contributed by atoms with Crippen LogP contribution in [0.4, 0.5) is 0 Å². The number of hydrogen-bond donors (Lipinski definition) is 0. The van der Waals surface area contributed by atoms with E-state index in [0.717, 1.165) is 31.7 Å². The lowest BCUT2D eigenvalue weighted by atomic mass is 10.1. The fourth-order valence-electron chi connectivity index (χ4n) is 2.63. The Labute approximate surface area is 133 Å². The van der Waals surface area contributed by atoms with Gasteiger partial charge in [-0.3, -0.25) is 4.79 Å². The largest absolute Gasteiger partial charge is 0.488 e. The molecule has 4 heteroatoms. The van der Waals surface area contributed by atoms with Crippen molar-refractivity contribution in [3.05, 3.63) is 42.0 Å². The van der Waals surface area contributed by atoms with Crippen LogP contribution in [0, 0.1) is 0 Å². The van der Waals surface area contributed by atoms with Crippen LogP contribution in [-0.4, -0.2) is 55.5 Å². The quantitative estimate of drug-likeness (QED) is 0.725. The number of para-hydroxylation sites is 1. The predicted octanol–water partition coefficient (Wildman–Crippen LogP) is 2.35. The Hall–Kier alpha value is -1.81. The van der Waals surface area contributed by atoms with Gasteiger partial charge in [0.25, 0.3) is 0 Å². The maximum atomic E-state index is 12.3. The molecule has 1 heterocycles. The second-order valence-corrected chi connectivity index (χ2v) is 6.00. The van der Waals surface area contributed by atoms with E-state index in [1.54, 1.807) is 6.08 Å². The molecule has 0 aromatic heterocycles. The molecule has 0 saturated carbocycles. The molecule has 0 radical (unpaired) electrons. The first-order valence-electron chi connectivity index (χ1n) is 7.95. The smallest absolute Gasteiger partial charge is 0.246 e. The van der Waals surface area contributed by atoms with Gasteiger partial charge in [0.1, 0.15) is 11.9 Å². The van der Waals surface area contributed by atoms with Gasteiger partial charge in [0.05, 0.1) is 6.54 Å². The number of hydrogen-bond acceptors (Lipinski definition) is 3. The monoisotopic (exact) mass is 302 g/mol. The van der Waals surface area contributed by atoms with Crippen LogP contribution in [0.15, 0.2) is 36.4 Å². The van der Waals surface area contributed by atoms with Crippen molar-refractivity contribution in [2.24, 2.45) is 0 Å². The molecule has 1 aliphatic rings. The highest BCUT2D eigenvalue weighted by Crippen LogP contribution is 2.28. The number of benzene rings is 1. The van der Waals surface area contributed by atoms with Crippen molar-refractivity contribution in [2.45, 2.75) is 25.9 Å². The molecule has 120 valence electrons. The number of amides is 1. The zero-order valence-corrected chi connectivity index (χ0v) is 13.8.